The highest BCUT2D eigenvalue weighted by Crippen LogP contribution is 2.46. The molecule has 24 aromatic rings. The van der Waals surface area contributed by atoms with E-state index in [0.717, 1.165) is 5.69 Å². The van der Waals surface area contributed by atoms with E-state index in [1.807, 2.05) is 0 Å². The topological polar surface area (TPSA) is 29.6 Å². The minimum atomic E-state index is 1.16. The Morgan fingerprint density at radius 1 is 0.114 bits per heavy atom. The Hall–Kier alpha value is -15.2. The molecular weight excluding hydrogens is 1380 g/mol. The summed E-state index contributed by atoms with van der Waals surface area (Å²) in [5, 5.41) is 15.3. The summed E-state index contributed by atoms with van der Waals surface area (Å²) in [6, 6.07) is 157. The zero-order valence-electron chi connectivity index (χ0n) is 62.3. The van der Waals surface area contributed by atoms with Crippen LogP contribution in [0.25, 0.3) is 198 Å². The zero-order chi connectivity index (χ0) is 75.2. The van der Waals surface area contributed by atoms with E-state index < -0.39 is 0 Å². The molecule has 24 rings (SSSR count). The lowest BCUT2D eigenvalue weighted by molar-refractivity contribution is 1.17. The van der Waals surface area contributed by atoms with Gasteiger partial charge in [0.1, 0.15) is 0 Å². The third kappa shape index (κ3) is 10.8. The standard InChI is InChI=1S/3C36H24N2/c1-3-11-25(12-4-1)26-19-21-28(22-20-26)38-34-18-10-8-16-30(34)32-23-35-31(24-36(32)38)29-15-7-9-17-33(29)37(35)27-13-5-2-6-14-27;1-3-11-25(12-4-1)26-19-21-28(22-20-26)37-33-18-10-8-16-31(33)35-34(37)24-23-30-29-15-7-9-17-32(29)38(36(30)35)27-13-5-2-6-14-27;1-3-11-25(12-4-1)26-19-21-28(22-20-26)38-32-18-10-8-16-30(32)36-34(38)24-23-33-35(36)29-15-7-9-17-31(29)37(33)27-13-5-2-6-14-27/h3*1-24H. The van der Waals surface area contributed by atoms with Crippen molar-refractivity contribution in [1.82, 2.24) is 27.4 Å². The van der Waals surface area contributed by atoms with E-state index in [1.165, 1.54) is 193 Å². The summed E-state index contributed by atoms with van der Waals surface area (Å²) in [6.07, 6.45) is 0. The highest BCUT2D eigenvalue weighted by molar-refractivity contribution is 6.30. The summed E-state index contributed by atoms with van der Waals surface area (Å²) in [6.45, 7) is 0. The van der Waals surface area contributed by atoms with Crippen LogP contribution in [0.3, 0.4) is 0 Å². The van der Waals surface area contributed by atoms with Gasteiger partial charge in [0.05, 0.1) is 66.2 Å². The van der Waals surface area contributed by atoms with Crippen molar-refractivity contribution in [2.45, 2.75) is 0 Å². The second-order valence-corrected chi connectivity index (χ2v) is 29.5. The molecule has 0 fully saturated rings. The smallest absolute Gasteiger partial charge is 0.0641 e. The molecule has 0 N–H and O–H groups in total. The first-order chi connectivity index (χ1) is 56.6. The minimum absolute atomic E-state index is 1.16. The summed E-state index contributed by atoms with van der Waals surface area (Å²) in [5.74, 6) is 0. The van der Waals surface area contributed by atoms with Gasteiger partial charge in [0.25, 0.3) is 0 Å². The van der Waals surface area contributed by atoms with Crippen molar-refractivity contribution in [3.05, 3.63) is 437 Å². The second kappa shape index (κ2) is 27.4. The lowest BCUT2D eigenvalue weighted by Gasteiger charge is -2.10. The zero-order valence-corrected chi connectivity index (χ0v) is 62.3. The maximum Gasteiger partial charge on any atom is 0.0641 e. The Bertz CT molecular complexity index is 7630. The molecule has 0 saturated carbocycles. The molecular formula is C108H72N6. The van der Waals surface area contributed by atoms with E-state index in [9.17, 15) is 0 Å². The average Bonchev–Trinajstić information content (AvgIpc) is 1.57. The molecule has 534 valence electrons. The van der Waals surface area contributed by atoms with Crippen LogP contribution in [0.2, 0.25) is 0 Å². The number of para-hydroxylation sites is 9. The van der Waals surface area contributed by atoms with E-state index in [-0.39, 0.29) is 0 Å². The molecule has 114 heavy (non-hydrogen) atoms. The largest absolute Gasteiger partial charge is 0.309 e. The Morgan fingerprint density at radius 2 is 0.333 bits per heavy atom. The summed E-state index contributed by atoms with van der Waals surface area (Å²) in [7, 11) is 0. The maximum atomic E-state index is 2.43. The van der Waals surface area contributed by atoms with Crippen LogP contribution in [0, 0.1) is 0 Å². The molecule has 0 amide bonds. The van der Waals surface area contributed by atoms with Crippen molar-refractivity contribution in [2.75, 3.05) is 0 Å². The number of nitrogens with zero attached hydrogens (tertiary/aromatic N) is 6. The summed E-state index contributed by atoms with van der Waals surface area (Å²) >= 11 is 0. The van der Waals surface area contributed by atoms with Crippen LogP contribution in [0.4, 0.5) is 0 Å². The van der Waals surface area contributed by atoms with Gasteiger partial charge in [-0.05, 0) is 173 Å². The quantitative estimate of drug-likeness (QED) is 0.138. The van der Waals surface area contributed by atoms with Gasteiger partial charge in [-0.15, -0.1) is 0 Å². The molecule has 6 aromatic heterocycles. The number of rotatable bonds is 9. The van der Waals surface area contributed by atoms with Gasteiger partial charge in [-0.3, -0.25) is 0 Å². The molecule has 0 aliphatic heterocycles. The van der Waals surface area contributed by atoms with E-state index in [4.69, 9.17) is 0 Å². The van der Waals surface area contributed by atoms with Crippen LogP contribution in [-0.2, 0) is 0 Å². The predicted molar refractivity (Wildman–Crippen MR) is 482 cm³/mol. The first-order valence-electron chi connectivity index (χ1n) is 39.1. The Balaban J connectivity index is 0.000000104. The average molecular weight is 1450 g/mol. The SMILES string of the molecule is c1ccc(-c2ccc(-n3c4ccccc4c4c3ccc3c5ccccc5n(-c5ccccc5)c34)cc2)cc1.c1ccc(-c2ccc(-n3c4ccccc4c4c5c6ccccc6n(-c6ccccc6)c5ccc43)cc2)cc1.c1ccc(-c2ccc(-n3c4ccccc4c4cc5c(cc43)c3ccccc3n5-c3ccccc3)cc2)cc1. The number of hydrogen-bond donors (Lipinski definition) is 0. The fourth-order valence-electron chi connectivity index (χ4n) is 18.1. The number of fused-ring (bicyclic) bond motifs is 20. The molecule has 0 saturated heterocycles. The maximum absolute atomic E-state index is 2.43. The van der Waals surface area contributed by atoms with E-state index in [0.29, 0.717) is 0 Å². The van der Waals surface area contributed by atoms with Gasteiger partial charge in [0.15, 0.2) is 0 Å². The predicted octanol–water partition coefficient (Wildman–Crippen LogP) is 28.6. The van der Waals surface area contributed by atoms with E-state index >= 15 is 0 Å². The van der Waals surface area contributed by atoms with Crippen LogP contribution in [0.5, 0.6) is 0 Å². The summed E-state index contributed by atoms with van der Waals surface area (Å²) < 4.78 is 14.4. The fraction of sp³-hybridized carbons (Fsp3) is 0. The highest BCUT2D eigenvalue weighted by Gasteiger charge is 2.25. The van der Waals surface area contributed by atoms with Gasteiger partial charge in [-0.25, -0.2) is 0 Å². The lowest BCUT2D eigenvalue weighted by atomic mass is 10.1. The van der Waals surface area contributed by atoms with Crippen molar-refractivity contribution >= 4 is 131 Å². The van der Waals surface area contributed by atoms with Crippen LogP contribution in [0.15, 0.2) is 437 Å². The van der Waals surface area contributed by atoms with Gasteiger partial charge in [-0.2, -0.15) is 0 Å². The van der Waals surface area contributed by atoms with Crippen LogP contribution in [-0.4, -0.2) is 27.4 Å². The molecule has 0 unspecified atom stereocenters. The molecule has 18 aromatic carbocycles. The van der Waals surface area contributed by atoms with Crippen LogP contribution >= 0.6 is 0 Å². The number of hydrogen-bond acceptors (Lipinski definition) is 0. The Kier molecular flexibility index (Phi) is 15.8. The van der Waals surface area contributed by atoms with Crippen molar-refractivity contribution in [3.8, 4) is 67.5 Å². The second-order valence-electron chi connectivity index (χ2n) is 29.5. The third-order valence-electron chi connectivity index (χ3n) is 23.1. The Labute approximate surface area is 658 Å². The van der Waals surface area contributed by atoms with Gasteiger partial charge in [0.2, 0.25) is 0 Å². The van der Waals surface area contributed by atoms with Crippen LogP contribution in [0.1, 0.15) is 0 Å². The van der Waals surface area contributed by atoms with Gasteiger partial charge in [-0.1, -0.05) is 297 Å². The molecule has 0 atom stereocenters. The summed E-state index contributed by atoms with van der Waals surface area (Å²) in [5.41, 5.74) is 29.1. The lowest BCUT2D eigenvalue weighted by Crippen LogP contribution is -1.95. The van der Waals surface area contributed by atoms with Crippen LogP contribution < -0.4 is 0 Å². The summed E-state index contributed by atoms with van der Waals surface area (Å²) in [4.78, 5) is 0. The first-order valence-corrected chi connectivity index (χ1v) is 39.1. The Morgan fingerprint density at radius 3 is 0.675 bits per heavy atom. The van der Waals surface area contributed by atoms with E-state index in [2.05, 4.69) is 464 Å². The fourth-order valence-corrected chi connectivity index (χ4v) is 18.1. The molecule has 0 aliphatic rings. The van der Waals surface area contributed by atoms with Crippen molar-refractivity contribution < 1.29 is 0 Å². The first kappa shape index (κ1) is 65.8. The van der Waals surface area contributed by atoms with Crippen molar-refractivity contribution in [2.24, 2.45) is 0 Å². The van der Waals surface area contributed by atoms with Gasteiger partial charge in [0, 0.05) is 98.8 Å². The molecule has 6 heterocycles. The molecule has 0 bridgehead atoms. The highest BCUT2D eigenvalue weighted by atomic mass is 15.0. The van der Waals surface area contributed by atoms with Gasteiger partial charge < -0.3 is 27.4 Å². The van der Waals surface area contributed by atoms with E-state index in [1.54, 1.807) is 0 Å². The molecule has 6 heteroatoms. The minimum Gasteiger partial charge on any atom is -0.309 e. The number of aromatic nitrogens is 6. The van der Waals surface area contributed by atoms with Gasteiger partial charge >= 0.3 is 0 Å². The molecule has 6 nitrogen and oxygen atoms in total. The van der Waals surface area contributed by atoms with Crippen molar-refractivity contribution in [1.29, 1.82) is 0 Å². The molecule has 0 aliphatic carbocycles. The molecule has 0 spiro atoms. The van der Waals surface area contributed by atoms with Crippen molar-refractivity contribution in [3.63, 3.8) is 0 Å². The number of benzene rings is 18. The molecule has 0 radical (unpaired) electrons. The third-order valence-corrected chi connectivity index (χ3v) is 23.1. The normalized spacial score (nSPS) is 11.7. The monoisotopic (exact) mass is 1450 g/mol.